The van der Waals surface area contributed by atoms with Gasteiger partial charge in [0.05, 0.1) is 0 Å². The van der Waals surface area contributed by atoms with E-state index in [1.165, 1.54) is 0 Å². The van der Waals surface area contributed by atoms with Gasteiger partial charge in [0.25, 0.3) is 0 Å². The molecule has 0 aromatic heterocycles. The van der Waals surface area contributed by atoms with E-state index in [0.29, 0.717) is 0 Å². The first-order chi connectivity index (χ1) is 4.33. The van der Waals surface area contributed by atoms with Crippen LogP contribution in [0.25, 0.3) is 0 Å². The van der Waals surface area contributed by atoms with E-state index in [1.54, 1.807) is 0 Å². The molecule has 1 rings (SSSR count). The first kappa shape index (κ1) is 6.55. The van der Waals surface area contributed by atoms with Gasteiger partial charge in [0.15, 0.2) is 0 Å². The molecule has 0 aromatic rings. The monoisotopic (exact) mass is 128 g/mol. The van der Waals surface area contributed by atoms with Crippen LogP contribution < -0.4 is 5.48 Å². The van der Waals surface area contributed by atoms with Crippen LogP contribution in [0, 0.1) is 0 Å². The topological polar surface area (TPSA) is 33.6 Å². The Bertz CT molecular complexity index is 122. The molecule has 1 N–H and O–H groups in total. The van der Waals surface area contributed by atoms with Crippen molar-refractivity contribution in [3.63, 3.8) is 0 Å². The first-order valence-corrected chi connectivity index (χ1v) is 3.32. The fourth-order valence-corrected chi connectivity index (χ4v) is 0.751. The van der Waals surface area contributed by atoms with Crippen LogP contribution >= 0.6 is 0 Å². The Labute approximate surface area is 55.1 Å². The lowest BCUT2D eigenvalue weighted by atomic mass is 10.3. The Kier molecular flexibility index (Phi) is 2.05. The van der Waals surface area contributed by atoms with E-state index in [-0.39, 0.29) is 6.17 Å². The van der Waals surface area contributed by atoms with E-state index in [0.717, 1.165) is 18.7 Å². The predicted molar refractivity (Wildman–Crippen MR) is 36.0 cm³/mol. The van der Waals surface area contributed by atoms with Crippen LogP contribution in [0.5, 0.6) is 0 Å². The summed E-state index contributed by atoms with van der Waals surface area (Å²) in [6.07, 6.45) is 2.18. The van der Waals surface area contributed by atoms with E-state index in [9.17, 15) is 0 Å². The molecule has 0 fully saturated rings. The van der Waals surface area contributed by atoms with Crippen molar-refractivity contribution in [2.75, 3.05) is 0 Å². The average molecular weight is 128 g/mol. The van der Waals surface area contributed by atoms with Gasteiger partial charge in [0, 0.05) is 6.42 Å². The summed E-state index contributed by atoms with van der Waals surface area (Å²) < 4.78 is 0. The lowest BCUT2D eigenvalue weighted by Gasteiger charge is -1.96. The normalized spacial score (nSPS) is 25.6. The second-order valence-electron chi connectivity index (χ2n) is 2.17. The van der Waals surface area contributed by atoms with Crippen LogP contribution in [-0.4, -0.2) is 12.1 Å². The molecule has 3 heteroatoms. The molecule has 0 aliphatic carbocycles. The van der Waals surface area contributed by atoms with Crippen LogP contribution in [0.4, 0.5) is 0 Å². The highest BCUT2D eigenvalue weighted by Crippen LogP contribution is 2.01. The summed E-state index contributed by atoms with van der Waals surface area (Å²) in [5.74, 6) is 0.838. The predicted octanol–water partition coefficient (Wildman–Crippen LogP) is 1.07. The zero-order chi connectivity index (χ0) is 6.69. The number of aliphatic imine (C=N–C) groups is 1. The number of hydrogen-bond donors (Lipinski definition) is 1. The number of nitrogens with zero attached hydrogens (tertiary/aromatic N) is 1. The van der Waals surface area contributed by atoms with Crippen molar-refractivity contribution >= 4 is 5.90 Å². The summed E-state index contributed by atoms with van der Waals surface area (Å²) in [7, 11) is 0. The van der Waals surface area contributed by atoms with Gasteiger partial charge in [-0.2, -0.15) is 0 Å². The van der Waals surface area contributed by atoms with Crippen molar-refractivity contribution in [1.29, 1.82) is 0 Å². The molecule has 0 saturated heterocycles. The third kappa shape index (κ3) is 1.68. The summed E-state index contributed by atoms with van der Waals surface area (Å²) in [6.45, 7) is 4.07. The molecule has 1 atom stereocenters. The lowest BCUT2D eigenvalue weighted by Crippen LogP contribution is -2.17. The minimum atomic E-state index is 0.145. The minimum Gasteiger partial charge on any atom is -0.391 e. The molecule has 0 aromatic carbocycles. The van der Waals surface area contributed by atoms with Crippen LogP contribution in [0.15, 0.2) is 4.99 Å². The second kappa shape index (κ2) is 2.82. The highest BCUT2D eigenvalue weighted by atomic mass is 16.7. The van der Waals surface area contributed by atoms with Gasteiger partial charge in [-0.1, -0.05) is 6.92 Å². The molecule has 1 aliphatic rings. The van der Waals surface area contributed by atoms with E-state index in [2.05, 4.69) is 17.4 Å². The average Bonchev–Trinajstić information content (AvgIpc) is 2.17. The summed E-state index contributed by atoms with van der Waals surface area (Å²) in [5, 5.41) is 0. The van der Waals surface area contributed by atoms with E-state index in [1.807, 2.05) is 6.92 Å². The molecule has 1 heterocycles. The van der Waals surface area contributed by atoms with Crippen molar-refractivity contribution in [1.82, 2.24) is 5.48 Å². The highest BCUT2D eigenvalue weighted by Gasteiger charge is 2.11. The van der Waals surface area contributed by atoms with Gasteiger partial charge in [-0.25, -0.2) is 4.99 Å². The second-order valence-corrected chi connectivity index (χ2v) is 2.17. The molecule has 52 valence electrons. The lowest BCUT2D eigenvalue weighted by molar-refractivity contribution is 0.180. The van der Waals surface area contributed by atoms with Gasteiger partial charge in [-0.15, -0.1) is 5.48 Å². The van der Waals surface area contributed by atoms with Gasteiger partial charge in [0.1, 0.15) is 6.17 Å². The molecule has 3 nitrogen and oxygen atoms in total. The molecular weight excluding hydrogens is 116 g/mol. The quantitative estimate of drug-likeness (QED) is 0.603. The third-order valence-corrected chi connectivity index (χ3v) is 1.15. The Morgan fingerprint density at radius 3 is 3.00 bits per heavy atom. The maximum Gasteiger partial charge on any atom is 0.211 e. The smallest absolute Gasteiger partial charge is 0.211 e. The number of hydrogen-bond acceptors (Lipinski definition) is 3. The number of rotatable bonds is 2. The van der Waals surface area contributed by atoms with Crippen molar-refractivity contribution in [3.05, 3.63) is 0 Å². The molecule has 0 saturated carbocycles. The van der Waals surface area contributed by atoms with Gasteiger partial charge < -0.3 is 4.84 Å². The summed E-state index contributed by atoms with van der Waals surface area (Å²) >= 11 is 0. The Hall–Kier alpha value is -0.570. The van der Waals surface area contributed by atoms with Crippen molar-refractivity contribution in [2.45, 2.75) is 32.9 Å². The Balaban J connectivity index is 2.33. The fraction of sp³-hybridized carbons (Fsp3) is 0.833. The molecule has 9 heavy (non-hydrogen) atoms. The van der Waals surface area contributed by atoms with Gasteiger partial charge in [-0.3, -0.25) is 0 Å². The molecule has 0 radical (unpaired) electrons. The number of hydroxylamine groups is 1. The SMILES string of the molecule is CCCC1=NC(C)NO1. The zero-order valence-corrected chi connectivity index (χ0v) is 5.85. The third-order valence-electron chi connectivity index (χ3n) is 1.15. The van der Waals surface area contributed by atoms with Gasteiger partial charge in [-0.05, 0) is 13.3 Å². The molecule has 0 bridgehead atoms. The van der Waals surface area contributed by atoms with Crippen LogP contribution in [0.2, 0.25) is 0 Å². The van der Waals surface area contributed by atoms with E-state index in [4.69, 9.17) is 4.84 Å². The maximum atomic E-state index is 5.01. The molecule has 1 aliphatic heterocycles. The van der Waals surface area contributed by atoms with Crippen LogP contribution in [0.1, 0.15) is 26.7 Å². The van der Waals surface area contributed by atoms with E-state index >= 15 is 0 Å². The largest absolute Gasteiger partial charge is 0.391 e. The summed E-state index contributed by atoms with van der Waals surface area (Å²) in [4.78, 5) is 9.17. The van der Waals surface area contributed by atoms with Crippen molar-refractivity contribution in [3.8, 4) is 0 Å². The molecule has 1 unspecified atom stereocenters. The summed E-state index contributed by atoms with van der Waals surface area (Å²) in [5.41, 5.74) is 2.75. The van der Waals surface area contributed by atoms with Crippen molar-refractivity contribution in [2.24, 2.45) is 4.99 Å². The fourth-order valence-electron chi connectivity index (χ4n) is 0.751. The van der Waals surface area contributed by atoms with Crippen LogP contribution in [-0.2, 0) is 4.84 Å². The molecule has 0 amide bonds. The highest BCUT2D eigenvalue weighted by molar-refractivity contribution is 5.76. The van der Waals surface area contributed by atoms with Gasteiger partial charge in [0.2, 0.25) is 5.90 Å². The summed E-state index contributed by atoms with van der Waals surface area (Å²) in [6, 6.07) is 0. The van der Waals surface area contributed by atoms with Crippen molar-refractivity contribution < 1.29 is 4.84 Å². The standard InChI is InChI=1S/C6H12N2O/c1-3-4-6-7-5(2)8-9-6/h5,8H,3-4H2,1-2H3. The van der Waals surface area contributed by atoms with Crippen LogP contribution in [0.3, 0.4) is 0 Å². The zero-order valence-electron chi connectivity index (χ0n) is 5.85. The number of nitrogens with one attached hydrogen (secondary N) is 1. The minimum absolute atomic E-state index is 0.145. The van der Waals surface area contributed by atoms with Gasteiger partial charge >= 0.3 is 0 Å². The first-order valence-electron chi connectivity index (χ1n) is 3.32. The Morgan fingerprint density at radius 2 is 2.56 bits per heavy atom. The maximum absolute atomic E-state index is 5.01. The molecular formula is C6H12N2O. The molecule has 0 spiro atoms. The van der Waals surface area contributed by atoms with E-state index < -0.39 is 0 Å². The Morgan fingerprint density at radius 1 is 1.78 bits per heavy atom.